The van der Waals surface area contributed by atoms with Crippen molar-refractivity contribution in [3.63, 3.8) is 0 Å². The summed E-state index contributed by atoms with van der Waals surface area (Å²) >= 11 is 7.69. The van der Waals surface area contributed by atoms with Crippen LogP contribution in [0.5, 0.6) is 5.75 Å². The number of amides is 1. The molecule has 5 nitrogen and oxygen atoms in total. The van der Waals surface area contributed by atoms with Crippen molar-refractivity contribution < 1.29 is 13.9 Å². The molecule has 0 N–H and O–H groups in total. The van der Waals surface area contributed by atoms with E-state index in [-0.39, 0.29) is 5.91 Å². The maximum absolute atomic E-state index is 12.7. The zero-order valence-corrected chi connectivity index (χ0v) is 15.7. The molecule has 2 heterocycles. The normalized spacial score (nSPS) is 11.0. The van der Waals surface area contributed by atoms with E-state index in [1.807, 2.05) is 12.1 Å². The average Bonchev–Trinajstić information content (AvgIpc) is 3.28. The van der Waals surface area contributed by atoms with Gasteiger partial charge in [0.1, 0.15) is 17.0 Å². The van der Waals surface area contributed by atoms with Gasteiger partial charge in [0.05, 0.1) is 29.6 Å². The van der Waals surface area contributed by atoms with Gasteiger partial charge in [-0.05, 0) is 30.7 Å². The number of carbonyl (C=O) groups excluding carboxylic acids is 1. The molecule has 0 aliphatic heterocycles. The molecular formula is C18H19ClN2O3S. The Morgan fingerprint density at radius 2 is 2.24 bits per heavy atom. The number of aromatic nitrogens is 1. The first-order valence-electron chi connectivity index (χ1n) is 8.09. The van der Waals surface area contributed by atoms with Crippen LogP contribution in [0.25, 0.3) is 10.2 Å². The molecule has 132 valence electrons. The molecule has 0 unspecified atom stereocenters. The van der Waals surface area contributed by atoms with Crippen LogP contribution in [0, 0.1) is 0 Å². The maximum Gasteiger partial charge on any atom is 0.229 e. The second-order valence-corrected chi connectivity index (χ2v) is 6.97. The van der Waals surface area contributed by atoms with Crippen molar-refractivity contribution in [3.05, 3.63) is 41.3 Å². The lowest BCUT2D eigenvalue weighted by Gasteiger charge is -2.18. The van der Waals surface area contributed by atoms with Gasteiger partial charge >= 0.3 is 0 Å². The summed E-state index contributed by atoms with van der Waals surface area (Å²) < 4.78 is 11.6. The molecule has 7 heteroatoms. The number of unbranched alkanes of at least 4 members (excludes halogenated alkanes) is 1. The number of thiazole rings is 1. The molecule has 0 fully saturated rings. The van der Waals surface area contributed by atoms with Crippen LogP contribution in [0.1, 0.15) is 31.9 Å². The molecule has 3 aromatic rings. The summed E-state index contributed by atoms with van der Waals surface area (Å²) in [5, 5.41) is 1.19. The van der Waals surface area contributed by atoms with Gasteiger partial charge in [-0.25, -0.2) is 4.98 Å². The third-order valence-electron chi connectivity index (χ3n) is 3.84. The predicted octanol–water partition coefficient (Wildman–Crippen LogP) is 5.27. The smallest absolute Gasteiger partial charge is 0.229 e. The van der Waals surface area contributed by atoms with Crippen molar-refractivity contribution >= 4 is 44.2 Å². The van der Waals surface area contributed by atoms with Crippen molar-refractivity contribution in [2.45, 2.75) is 32.7 Å². The number of hydrogen-bond donors (Lipinski definition) is 0. The molecule has 0 atom stereocenters. The van der Waals surface area contributed by atoms with E-state index in [2.05, 4.69) is 11.9 Å². The van der Waals surface area contributed by atoms with E-state index in [0.29, 0.717) is 40.1 Å². The number of rotatable bonds is 7. The summed E-state index contributed by atoms with van der Waals surface area (Å²) in [7, 11) is 1.59. The first-order valence-corrected chi connectivity index (χ1v) is 9.29. The zero-order chi connectivity index (χ0) is 17.8. The van der Waals surface area contributed by atoms with Crippen LogP contribution >= 0.6 is 22.9 Å². The van der Waals surface area contributed by atoms with Gasteiger partial charge in [0.2, 0.25) is 5.91 Å². The number of nitrogens with zero attached hydrogens (tertiary/aromatic N) is 2. The maximum atomic E-state index is 12.7. The standard InChI is InChI=1S/C18H19ClN2O3S/c1-3-4-7-15(22)21(11-12-6-5-10-24-12)18-20-16-14(23-2)9-8-13(19)17(16)25-18/h5-6,8-10H,3-4,7,11H2,1-2H3. The fraction of sp³-hybridized carbons (Fsp3) is 0.333. The third kappa shape index (κ3) is 3.80. The Morgan fingerprint density at radius 3 is 2.92 bits per heavy atom. The highest BCUT2D eigenvalue weighted by molar-refractivity contribution is 7.23. The van der Waals surface area contributed by atoms with Gasteiger partial charge in [0.25, 0.3) is 0 Å². The quantitative estimate of drug-likeness (QED) is 0.561. The van der Waals surface area contributed by atoms with Gasteiger partial charge in [-0.2, -0.15) is 0 Å². The molecule has 0 spiro atoms. The Bertz CT molecular complexity index is 861. The molecule has 0 aliphatic rings. The highest BCUT2D eigenvalue weighted by atomic mass is 35.5. The second-order valence-electron chi connectivity index (χ2n) is 5.59. The number of ether oxygens (including phenoxy) is 1. The van der Waals surface area contributed by atoms with Crippen molar-refractivity contribution in [1.82, 2.24) is 4.98 Å². The third-order valence-corrected chi connectivity index (χ3v) is 5.38. The van der Waals surface area contributed by atoms with Crippen molar-refractivity contribution in [1.29, 1.82) is 0 Å². The molecule has 0 bridgehead atoms. The molecule has 25 heavy (non-hydrogen) atoms. The summed E-state index contributed by atoms with van der Waals surface area (Å²) in [6.07, 6.45) is 3.86. The summed E-state index contributed by atoms with van der Waals surface area (Å²) in [6.45, 7) is 2.40. The van der Waals surface area contributed by atoms with Crippen LogP contribution in [0.4, 0.5) is 5.13 Å². The average molecular weight is 379 g/mol. The monoisotopic (exact) mass is 378 g/mol. The van der Waals surface area contributed by atoms with E-state index < -0.39 is 0 Å². The lowest BCUT2D eigenvalue weighted by molar-refractivity contribution is -0.118. The highest BCUT2D eigenvalue weighted by Gasteiger charge is 2.22. The number of hydrogen-bond acceptors (Lipinski definition) is 5. The van der Waals surface area contributed by atoms with E-state index in [0.717, 1.165) is 17.5 Å². The number of carbonyl (C=O) groups is 1. The Hall–Kier alpha value is -2.05. The number of methoxy groups -OCH3 is 1. The van der Waals surface area contributed by atoms with Gasteiger partial charge in [0.15, 0.2) is 5.13 Å². The molecule has 1 amide bonds. The molecule has 0 saturated heterocycles. The fourth-order valence-electron chi connectivity index (χ4n) is 2.51. The molecule has 2 aromatic heterocycles. The number of halogens is 1. The van der Waals surface area contributed by atoms with Crippen LogP contribution in [0.15, 0.2) is 34.9 Å². The van der Waals surface area contributed by atoms with E-state index in [1.54, 1.807) is 30.4 Å². The predicted molar refractivity (Wildman–Crippen MR) is 101 cm³/mol. The topological polar surface area (TPSA) is 55.6 Å². The van der Waals surface area contributed by atoms with Crippen LogP contribution in [-0.2, 0) is 11.3 Å². The summed E-state index contributed by atoms with van der Waals surface area (Å²) in [6, 6.07) is 7.22. The first-order chi connectivity index (χ1) is 12.1. The first kappa shape index (κ1) is 17.8. The Morgan fingerprint density at radius 1 is 1.40 bits per heavy atom. The summed E-state index contributed by atoms with van der Waals surface area (Å²) in [5.74, 6) is 1.37. The largest absolute Gasteiger partial charge is 0.494 e. The second kappa shape index (κ2) is 7.89. The Balaban J connectivity index is 2.01. The number of furan rings is 1. The number of benzene rings is 1. The minimum atomic E-state index is 0.0207. The summed E-state index contributed by atoms with van der Waals surface area (Å²) in [5.41, 5.74) is 0.669. The van der Waals surface area contributed by atoms with Gasteiger partial charge in [0, 0.05) is 6.42 Å². The lowest BCUT2D eigenvalue weighted by Crippen LogP contribution is -2.29. The van der Waals surface area contributed by atoms with Crippen molar-refractivity contribution in [3.8, 4) is 5.75 Å². The zero-order valence-electron chi connectivity index (χ0n) is 14.1. The van der Waals surface area contributed by atoms with Crippen molar-refractivity contribution in [2.75, 3.05) is 12.0 Å². The molecule has 3 rings (SSSR count). The Labute approximate surface area is 155 Å². The van der Waals surface area contributed by atoms with E-state index in [4.69, 9.17) is 20.8 Å². The minimum Gasteiger partial charge on any atom is -0.494 e. The minimum absolute atomic E-state index is 0.0207. The van der Waals surface area contributed by atoms with Crippen LogP contribution in [-0.4, -0.2) is 18.0 Å². The lowest BCUT2D eigenvalue weighted by atomic mass is 10.2. The molecule has 0 aliphatic carbocycles. The van der Waals surface area contributed by atoms with Crippen LogP contribution in [0.3, 0.4) is 0 Å². The molecule has 1 aromatic carbocycles. The van der Waals surface area contributed by atoms with Crippen molar-refractivity contribution in [2.24, 2.45) is 0 Å². The van der Waals surface area contributed by atoms with Gasteiger partial charge in [-0.15, -0.1) is 0 Å². The number of anilines is 1. The highest BCUT2D eigenvalue weighted by Crippen LogP contribution is 2.39. The van der Waals surface area contributed by atoms with Crippen LogP contribution in [0.2, 0.25) is 5.02 Å². The van der Waals surface area contributed by atoms with Gasteiger partial charge < -0.3 is 9.15 Å². The fourth-order valence-corrected chi connectivity index (χ4v) is 3.78. The van der Waals surface area contributed by atoms with E-state index in [1.165, 1.54) is 11.3 Å². The van der Waals surface area contributed by atoms with E-state index in [9.17, 15) is 4.79 Å². The molecular weight excluding hydrogens is 360 g/mol. The molecule has 0 radical (unpaired) electrons. The summed E-state index contributed by atoms with van der Waals surface area (Å²) in [4.78, 5) is 19.0. The van der Waals surface area contributed by atoms with Gasteiger partial charge in [-0.3, -0.25) is 9.69 Å². The van der Waals surface area contributed by atoms with Gasteiger partial charge in [-0.1, -0.05) is 36.3 Å². The van der Waals surface area contributed by atoms with Crippen LogP contribution < -0.4 is 9.64 Å². The van der Waals surface area contributed by atoms with E-state index >= 15 is 0 Å². The number of fused-ring (bicyclic) bond motifs is 1. The SMILES string of the molecule is CCCCC(=O)N(Cc1ccco1)c1nc2c(OC)ccc(Cl)c2s1. The Kier molecular flexibility index (Phi) is 5.60. The molecule has 0 saturated carbocycles.